The van der Waals surface area contributed by atoms with Crippen LogP contribution in [0.5, 0.6) is 0 Å². The van der Waals surface area contributed by atoms with Crippen LogP contribution in [0.1, 0.15) is 232 Å². The first-order valence-electron chi connectivity index (χ1n) is 22.0. The Kier molecular flexibility index (Phi) is 37.2. The van der Waals surface area contributed by atoms with Gasteiger partial charge in [-0.15, -0.1) is 0 Å². The lowest BCUT2D eigenvalue weighted by Gasteiger charge is -2.22. The van der Waals surface area contributed by atoms with Gasteiger partial charge in [0.1, 0.15) is 6.61 Å². The Morgan fingerprint density at radius 2 is 0.846 bits per heavy atom. The maximum absolute atomic E-state index is 12.3. The van der Waals surface area contributed by atoms with Gasteiger partial charge >= 0.3 is 23.7 Å². The lowest BCUT2D eigenvalue weighted by Crippen LogP contribution is -2.48. The van der Waals surface area contributed by atoms with Crippen molar-refractivity contribution in [3.05, 3.63) is 24.3 Å². The first kappa shape index (κ1) is 50.0. The molecule has 0 aromatic rings. The molecule has 52 heavy (non-hydrogen) atoms. The smallest absolute Gasteiger partial charge is 0.390 e. The summed E-state index contributed by atoms with van der Waals surface area (Å²) in [6, 6.07) is 0. The molecule has 2 N–H and O–H groups in total. The van der Waals surface area contributed by atoms with E-state index in [9.17, 15) is 24.6 Å². The SMILES string of the molecule is CCCCCCCCCCCCCCC/C=C/C=C/C(=O)OC(=O)C(O)(CO)OC(=O)CCCCCCCCCCCCCCCCCCCCC. The number of hydrogen-bond acceptors (Lipinski definition) is 7. The van der Waals surface area contributed by atoms with Crippen molar-refractivity contribution < 1.29 is 34.1 Å². The molecular formula is C45H82O7. The summed E-state index contributed by atoms with van der Waals surface area (Å²) in [7, 11) is 0. The fourth-order valence-corrected chi connectivity index (χ4v) is 6.52. The number of carbonyl (C=O) groups is 3. The van der Waals surface area contributed by atoms with Gasteiger partial charge in [-0.25, -0.2) is 9.59 Å². The fourth-order valence-electron chi connectivity index (χ4n) is 6.52. The van der Waals surface area contributed by atoms with E-state index < -0.39 is 30.3 Å². The van der Waals surface area contributed by atoms with Gasteiger partial charge in [0.25, 0.3) is 0 Å². The van der Waals surface area contributed by atoms with Gasteiger partial charge in [0, 0.05) is 12.5 Å². The zero-order valence-electron chi connectivity index (χ0n) is 34.0. The van der Waals surface area contributed by atoms with Gasteiger partial charge in [0.15, 0.2) is 0 Å². The Labute approximate surface area is 320 Å². The lowest BCUT2D eigenvalue weighted by atomic mass is 10.0. The number of allylic oxidation sites excluding steroid dienone is 3. The van der Waals surface area contributed by atoms with Crippen LogP contribution in [0.3, 0.4) is 0 Å². The molecule has 0 aliphatic rings. The molecule has 0 heterocycles. The van der Waals surface area contributed by atoms with E-state index in [1.807, 2.05) is 6.08 Å². The van der Waals surface area contributed by atoms with E-state index >= 15 is 0 Å². The van der Waals surface area contributed by atoms with Gasteiger partial charge in [-0.3, -0.25) is 4.79 Å². The summed E-state index contributed by atoms with van der Waals surface area (Å²) >= 11 is 0. The Morgan fingerprint density at radius 3 is 1.21 bits per heavy atom. The molecule has 0 aliphatic carbocycles. The number of esters is 3. The Balaban J connectivity index is 3.81. The normalized spacial score (nSPS) is 12.8. The number of aliphatic hydroxyl groups is 2. The zero-order chi connectivity index (χ0) is 38.2. The number of rotatable bonds is 39. The minimum Gasteiger partial charge on any atom is -0.419 e. The van der Waals surface area contributed by atoms with E-state index in [1.165, 1.54) is 179 Å². The molecule has 7 heteroatoms. The third-order valence-corrected chi connectivity index (χ3v) is 9.95. The number of hydrogen-bond donors (Lipinski definition) is 2. The number of carbonyl (C=O) groups excluding carboxylic acids is 3. The molecule has 0 bridgehead atoms. The van der Waals surface area contributed by atoms with Crippen molar-refractivity contribution in [3.8, 4) is 0 Å². The van der Waals surface area contributed by atoms with Crippen LogP contribution >= 0.6 is 0 Å². The predicted octanol–water partition coefficient (Wildman–Crippen LogP) is 12.7. The molecule has 1 atom stereocenters. The van der Waals surface area contributed by atoms with Crippen molar-refractivity contribution in [2.75, 3.05) is 6.61 Å². The minimum absolute atomic E-state index is 0.00630. The van der Waals surface area contributed by atoms with E-state index in [2.05, 4.69) is 18.6 Å². The van der Waals surface area contributed by atoms with Gasteiger partial charge < -0.3 is 19.7 Å². The van der Waals surface area contributed by atoms with Crippen LogP contribution in [0.4, 0.5) is 0 Å². The molecular weight excluding hydrogens is 652 g/mol. The molecule has 304 valence electrons. The largest absolute Gasteiger partial charge is 0.419 e. The Hall–Kier alpha value is -1.99. The van der Waals surface area contributed by atoms with E-state index in [4.69, 9.17) is 4.74 Å². The Bertz CT molecular complexity index is 883. The topological polar surface area (TPSA) is 110 Å². The second kappa shape index (κ2) is 38.7. The third kappa shape index (κ3) is 33.8. The first-order valence-corrected chi connectivity index (χ1v) is 22.0. The molecule has 1 unspecified atom stereocenters. The van der Waals surface area contributed by atoms with Gasteiger partial charge in [-0.1, -0.05) is 225 Å². The fraction of sp³-hybridized carbons (Fsp3) is 0.844. The van der Waals surface area contributed by atoms with Crippen molar-refractivity contribution in [2.24, 2.45) is 0 Å². The van der Waals surface area contributed by atoms with E-state index in [0.717, 1.165) is 38.2 Å². The van der Waals surface area contributed by atoms with Crippen LogP contribution in [-0.2, 0) is 23.9 Å². The van der Waals surface area contributed by atoms with Crippen molar-refractivity contribution in [1.82, 2.24) is 0 Å². The van der Waals surface area contributed by atoms with Gasteiger partial charge in [-0.05, 0) is 19.3 Å². The zero-order valence-corrected chi connectivity index (χ0v) is 34.0. The summed E-state index contributed by atoms with van der Waals surface area (Å²) in [6.45, 7) is 3.32. The second-order valence-electron chi connectivity index (χ2n) is 15.1. The maximum Gasteiger partial charge on any atom is 0.390 e. The summed E-state index contributed by atoms with van der Waals surface area (Å²) in [5.74, 6) is -6.25. The standard InChI is InChI=1S/C45H82O7/c1-3-5-7-9-11-13-15-17-19-21-22-24-26-28-30-32-34-36-38-40-43(48)52-45(50,41-46)44(49)51-42(47)39-37-35-33-31-29-27-25-23-20-18-16-14-12-10-8-6-4-2/h33,35,37,39,46,50H,3-32,34,36,38,40-41H2,1-2H3/b35-33+,39-37+. The molecule has 0 saturated carbocycles. The maximum atomic E-state index is 12.3. The molecule has 0 rings (SSSR count). The average Bonchev–Trinajstić information content (AvgIpc) is 3.13. The highest BCUT2D eigenvalue weighted by atomic mass is 16.7. The second-order valence-corrected chi connectivity index (χ2v) is 15.1. The van der Waals surface area contributed by atoms with Crippen LogP contribution < -0.4 is 0 Å². The average molecular weight is 735 g/mol. The molecule has 0 aromatic heterocycles. The van der Waals surface area contributed by atoms with E-state index in [0.29, 0.717) is 6.42 Å². The van der Waals surface area contributed by atoms with Crippen molar-refractivity contribution >= 4 is 17.9 Å². The highest BCUT2D eigenvalue weighted by Crippen LogP contribution is 2.17. The minimum atomic E-state index is -2.90. The summed E-state index contributed by atoms with van der Waals surface area (Å²) in [5.41, 5.74) is 0. The number of aliphatic hydroxyl groups excluding tert-OH is 1. The van der Waals surface area contributed by atoms with Crippen LogP contribution in [0, 0.1) is 0 Å². The molecule has 0 aliphatic heterocycles. The molecule has 0 spiro atoms. The summed E-state index contributed by atoms with van der Waals surface area (Å²) in [6.07, 6.45) is 47.9. The monoisotopic (exact) mass is 735 g/mol. The molecule has 0 radical (unpaired) electrons. The lowest BCUT2D eigenvalue weighted by molar-refractivity contribution is -0.235. The van der Waals surface area contributed by atoms with Gasteiger partial charge in [0.05, 0.1) is 0 Å². The van der Waals surface area contributed by atoms with E-state index in [1.54, 1.807) is 6.08 Å². The van der Waals surface area contributed by atoms with Crippen LogP contribution in [-0.4, -0.2) is 40.5 Å². The van der Waals surface area contributed by atoms with Crippen LogP contribution in [0.15, 0.2) is 24.3 Å². The van der Waals surface area contributed by atoms with Crippen LogP contribution in [0.2, 0.25) is 0 Å². The third-order valence-electron chi connectivity index (χ3n) is 9.95. The Morgan fingerprint density at radius 1 is 0.500 bits per heavy atom. The van der Waals surface area contributed by atoms with Gasteiger partial charge in [0.2, 0.25) is 0 Å². The predicted molar refractivity (Wildman–Crippen MR) is 216 cm³/mol. The highest BCUT2D eigenvalue weighted by Gasteiger charge is 2.42. The number of unbranched alkanes of at least 4 members (excludes halogenated alkanes) is 31. The molecule has 7 nitrogen and oxygen atoms in total. The molecule has 0 aromatic carbocycles. The molecule has 0 amide bonds. The van der Waals surface area contributed by atoms with Gasteiger partial charge in [-0.2, -0.15) is 0 Å². The van der Waals surface area contributed by atoms with Crippen LogP contribution in [0.25, 0.3) is 0 Å². The first-order chi connectivity index (χ1) is 25.4. The molecule has 0 fully saturated rings. The quantitative estimate of drug-likeness (QED) is 0.0161. The molecule has 0 saturated heterocycles. The number of ether oxygens (including phenoxy) is 2. The van der Waals surface area contributed by atoms with Crippen molar-refractivity contribution in [2.45, 2.75) is 238 Å². The van der Waals surface area contributed by atoms with Crippen molar-refractivity contribution in [1.29, 1.82) is 0 Å². The summed E-state index contributed by atoms with van der Waals surface area (Å²) in [5, 5.41) is 19.8. The van der Waals surface area contributed by atoms with E-state index in [-0.39, 0.29) is 6.42 Å². The summed E-state index contributed by atoms with van der Waals surface area (Å²) < 4.78 is 9.42. The summed E-state index contributed by atoms with van der Waals surface area (Å²) in [4.78, 5) is 36.5. The van der Waals surface area contributed by atoms with Crippen molar-refractivity contribution in [3.63, 3.8) is 0 Å². The highest BCUT2D eigenvalue weighted by molar-refractivity contribution is 5.95.